The van der Waals surface area contributed by atoms with Crippen LogP contribution >= 0.6 is 0 Å². The molecular formula is C19H21NO2. The molecule has 1 aliphatic heterocycles. The number of carbonyl (C=O) groups excluding carboxylic acids is 1. The molecule has 0 spiro atoms. The third-order valence-electron chi connectivity index (χ3n) is 4.51. The van der Waals surface area contributed by atoms with Gasteiger partial charge in [0.1, 0.15) is 11.5 Å². The van der Waals surface area contributed by atoms with Gasteiger partial charge in [-0.05, 0) is 36.8 Å². The second-order valence-electron chi connectivity index (χ2n) is 5.84. The van der Waals surface area contributed by atoms with Crippen LogP contribution in [0.15, 0.2) is 54.6 Å². The van der Waals surface area contributed by atoms with Crippen LogP contribution in [0.25, 0.3) is 0 Å². The minimum Gasteiger partial charge on any atom is -0.497 e. The Morgan fingerprint density at radius 3 is 2.32 bits per heavy atom. The first-order chi connectivity index (χ1) is 10.7. The van der Waals surface area contributed by atoms with Gasteiger partial charge in [-0.3, -0.25) is 4.79 Å². The maximum absolute atomic E-state index is 12.1. The van der Waals surface area contributed by atoms with Crippen LogP contribution in [-0.4, -0.2) is 26.0 Å². The van der Waals surface area contributed by atoms with Crippen molar-refractivity contribution in [1.29, 1.82) is 0 Å². The average Bonchev–Trinajstić information content (AvgIpc) is 3.01. The standard InChI is InChI=1S/C19H21NO2/c1-14(21)18-12-20(16-6-4-3-5-7-16)13-19(18)15-8-10-17(22-2)11-9-15/h3-11,18-19H,12-13H2,1-2H3/t18-,19-/m1/s1. The van der Waals surface area contributed by atoms with Crippen molar-refractivity contribution in [1.82, 2.24) is 0 Å². The Morgan fingerprint density at radius 1 is 1.05 bits per heavy atom. The first-order valence-electron chi connectivity index (χ1n) is 7.63. The molecule has 1 fully saturated rings. The van der Waals surface area contributed by atoms with E-state index >= 15 is 0 Å². The lowest BCUT2D eigenvalue weighted by Gasteiger charge is -2.18. The number of carbonyl (C=O) groups is 1. The van der Waals surface area contributed by atoms with Gasteiger partial charge in [-0.15, -0.1) is 0 Å². The van der Waals surface area contributed by atoms with E-state index in [2.05, 4.69) is 29.2 Å². The second kappa shape index (κ2) is 6.22. The first kappa shape index (κ1) is 14.6. The van der Waals surface area contributed by atoms with Gasteiger partial charge >= 0.3 is 0 Å². The van der Waals surface area contributed by atoms with E-state index in [4.69, 9.17) is 4.74 Å². The third kappa shape index (κ3) is 2.84. The van der Waals surface area contributed by atoms with Gasteiger partial charge in [-0.25, -0.2) is 0 Å². The van der Waals surface area contributed by atoms with Gasteiger partial charge in [0.2, 0.25) is 0 Å². The summed E-state index contributed by atoms with van der Waals surface area (Å²) in [5.41, 5.74) is 2.39. The number of hydrogen-bond donors (Lipinski definition) is 0. The number of rotatable bonds is 4. The fourth-order valence-electron chi connectivity index (χ4n) is 3.25. The monoisotopic (exact) mass is 295 g/mol. The maximum atomic E-state index is 12.1. The van der Waals surface area contributed by atoms with Crippen LogP contribution in [0.2, 0.25) is 0 Å². The molecule has 3 nitrogen and oxygen atoms in total. The first-order valence-corrected chi connectivity index (χ1v) is 7.63. The van der Waals surface area contributed by atoms with Crippen LogP contribution in [0, 0.1) is 5.92 Å². The molecule has 0 aliphatic carbocycles. The van der Waals surface area contributed by atoms with Crippen LogP contribution in [0.5, 0.6) is 5.75 Å². The Morgan fingerprint density at radius 2 is 1.73 bits per heavy atom. The number of benzene rings is 2. The zero-order valence-corrected chi connectivity index (χ0v) is 13.0. The largest absolute Gasteiger partial charge is 0.497 e. The van der Waals surface area contributed by atoms with Crippen molar-refractivity contribution in [2.24, 2.45) is 5.92 Å². The van der Waals surface area contributed by atoms with E-state index in [1.54, 1.807) is 14.0 Å². The molecule has 2 atom stereocenters. The Balaban J connectivity index is 1.86. The Bertz CT molecular complexity index is 636. The van der Waals surface area contributed by atoms with Gasteiger partial charge in [-0.2, -0.15) is 0 Å². The summed E-state index contributed by atoms with van der Waals surface area (Å²) in [5, 5.41) is 0. The highest BCUT2D eigenvalue weighted by atomic mass is 16.5. The highest BCUT2D eigenvalue weighted by Gasteiger charge is 2.36. The summed E-state index contributed by atoms with van der Waals surface area (Å²) in [6.07, 6.45) is 0. The smallest absolute Gasteiger partial charge is 0.135 e. The summed E-state index contributed by atoms with van der Waals surface area (Å²) in [6.45, 7) is 3.37. The van der Waals surface area contributed by atoms with Gasteiger partial charge in [0.15, 0.2) is 0 Å². The molecule has 3 heteroatoms. The number of anilines is 1. The molecule has 0 amide bonds. The van der Waals surface area contributed by atoms with Crippen molar-refractivity contribution in [3.05, 3.63) is 60.2 Å². The lowest BCUT2D eigenvalue weighted by atomic mass is 9.86. The predicted molar refractivity (Wildman–Crippen MR) is 88.6 cm³/mol. The SMILES string of the molecule is COc1ccc([C@H]2CN(c3ccccc3)C[C@@H]2C(C)=O)cc1. The van der Waals surface area contributed by atoms with Gasteiger partial charge in [0.25, 0.3) is 0 Å². The topological polar surface area (TPSA) is 29.5 Å². The Hall–Kier alpha value is -2.29. The summed E-state index contributed by atoms with van der Waals surface area (Å²) in [5.74, 6) is 1.40. The van der Waals surface area contributed by atoms with E-state index < -0.39 is 0 Å². The number of methoxy groups -OCH3 is 1. The molecule has 0 unspecified atom stereocenters. The summed E-state index contributed by atoms with van der Waals surface area (Å²) in [6, 6.07) is 18.4. The lowest BCUT2D eigenvalue weighted by molar-refractivity contribution is -0.120. The van der Waals surface area contributed by atoms with Gasteiger partial charge in [0, 0.05) is 30.6 Å². The second-order valence-corrected chi connectivity index (χ2v) is 5.84. The molecule has 2 aromatic rings. The molecule has 0 aromatic heterocycles. The van der Waals surface area contributed by atoms with Crippen LogP contribution < -0.4 is 9.64 Å². The molecule has 0 radical (unpaired) electrons. The number of hydrogen-bond acceptors (Lipinski definition) is 3. The van der Waals surface area contributed by atoms with E-state index in [-0.39, 0.29) is 17.6 Å². The van der Waals surface area contributed by atoms with E-state index in [9.17, 15) is 4.79 Å². The number of ketones is 1. The van der Waals surface area contributed by atoms with Crippen LogP contribution in [0.4, 0.5) is 5.69 Å². The molecule has 0 bridgehead atoms. The van der Waals surface area contributed by atoms with Crippen molar-refractivity contribution < 1.29 is 9.53 Å². The van der Waals surface area contributed by atoms with Crippen molar-refractivity contribution in [2.45, 2.75) is 12.8 Å². The number of nitrogens with zero attached hydrogens (tertiary/aromatic N) is 1. The molecule has 1 heterocycles. The van der Waals surface area contributed by atoms with Gasteiger partial charge in [-0.1, -0.05) is 30.3 Å². The minimum atomic E-state index is 0.0496. The quantitative estimate of drug-likeness (QED) is 0.864. The van der Waals surface area contributed by atoms with Crippen molar-refractivity contribution in [2.75, 3.05) is 25.1 Å². The molecule has 114 valence electrons. The van der Waals surface area contributed by atoms with E-state index in [1.165, 1.54) is 11.3 Å². The molecule has 2 aromatic carbocycles. The minimum absolute atomic E-state index is 0.0496. The summed E-state index contributed by atoms with van der Waals surface area (Å²) in [7, 11) is 1.67. The molecule has 0 saturated carbocycles. The molecule has 1 saturated heterocycles. The molecule has 1 aliphatic rings. The summed E-state index contributed by atoms with van der Waals surface area (Å²) >= 11 is 0. The third-order valence-corrected chi connectivity index (χ3v) is 4.51. The van der Waals surface area contributed by atoms with Crippen LogP contribution in [-0.2, 0) is 4.79 Å². The number of ether oxygens (including phenoxy) is 1. The molecule has 22 heavy (non-hydrogen) atoms. The maximum Gasteiger partial charge on any atom is 0.135 e. The van der Waals surface area contributed by atoms with Crippen LogP contribution in [0.1, 0.15) is 18.4 Å². The van der Waals surface area contributed by atoms with E-state index in [0.717, 1.165) is 18.8 Å². The molecular weight excluding hydrogens is 274 g/mol. The fourth-order valence-corrected chi connectivity index (χ4v) is 3.25. The fraction of sp³-hybridized carbons (Fsp3) is 0.316. The Labute approximate surface area is 131 Å². The van der Waals surface area contributed by atoms with Gasteiger partial charge in [0.05, 0.1) is 7.11 Å². The summed E-state index contributed by atoms with van der Waals surface area (Å²) < 4.78 is 5.22. The highest BCUT2D eigenvalue weighted by Crippen LogP contribution is 2.36. The lowest BCUT2D eigenvalue weighted by Crippen LogP contribution is -2.21. The Kier molecular flexibility index (Phi) is 4.14. The van der Waals surface area contributed by atoms with E-state index in [1.807, 2.05) is 30.3 Å². The van der Waals surface area contributed by atoms with Crippen molar-refractivity contribution in [3.8, 4) is 5.75 Å². The van der Waals surface area contributed by atoms with E-state index in [0.29, 0.717) is 0 Å². The van der Waals surface area contributed by atoms with Crippen molar-refractivity contribution in [3.63, 3.8) is 0 Å². The molecule has 0 N–H and O–H groups in total. The zero-order valence-electron chi connectivity index (χ0n) is 13.0. The highest BCUT2D eigenvalue weighted by molar-refractivity contribution is 5.81. The van der Waals surface area contributed by atoms with Crippen molar-refractivity contribution >= 4 is 11.5 Å². The van der Waals surface area contributed by atoms with Crippen LogP contribution in [0.3, 0.4) is 0 Å². The van der Waals surface area contributed by atoms with Gasteiger partial charge < -0.3 is 9.64 Å². The number of para-hydroxylation sites is 1. The average molecular weight is 295 g/mol. The zero-order chi connectivity index (χ0) is 15.5. The molecule has 3 rings (SSSR count). The normalized spacial score (nSPS) is 20.9. The number of Topliss-reactive ketones (excluding diaryl/α,β-unsaturated/α-hetero) is 1. The predicted octanol–water partition coefficient (Wildman–Crippen LogP) is 3.50. The summed E-state index contributed by atoms with van der Waals surface area (Å²) in [4.78, 5) is 14.4.